The van der Waals surface area contributed by atoms with Crippen LogP contribution in [0.3, 0.4) is 0 Å². The number of benzene rings is 1. The topological polar surface area (TPSA) is 29.1 Å². The van der Waals surface area contributed by atoms with Gasteiger partial charge in [0.25, 0.3) is 0 Å². The predicted molar refractivity (Wildman–Crippen MR) is 79.1 cm³/mol. The van der Waals surface area contributed by atoms with Gasteiger partial charge in [0.05, 0.1) is 0 Å². The molecule has 1 aromatic carbocycles. The van der Waals surface area contributed by atoms with Crippen LogP contribution in [-0.4, -0.2) is 5.91 Å². The van der Waals surface area contributed by atoms with E-state index in [1.165, 1.54) is 6.07 Å². The Balaban J connectivity index is 2.34. The van der Waals surface area contributed by atoms with Crippen molar-refractivity contribution in [3.63, 3.8) is 0 Å². The monoisotopic (exact) mass is 327 g/mol. The zero-order valence-corrected chi connectivity index (χ0v) is 12.9. The molecule has 0 saturated heterocycles. The Labute approximate surface area is 121 Å². The van der Waals surface area contributed by atoms with Gasteiger partial charge in [0, 0.05) is 22.5 Å². The molecule has 19 heavy (non-hydrogen) atoms. The second kappa shape index (κ2) is 6.04. The number of aryl methyl sites for hydroxylation is 1. The summed E-state index contributed by atoms with van der Waals surface area (Å²) in [5.74, 6) is 0.149. The number of rotatable bonds is 4. The van der Waals surface area contributed by atoms with E-state index in [2.05, 4.69) is 35.1 Å². The lowest BCUT2D eigenvalue weighted by molar-refractivity contribution is -0.116. The smallest absolute Gasteiger partial charge is 0.224 e. The number of hydrogen-bond acceptors (Lipinski definition) is 1. The van der Waals surface area contributed by atoms with Crippen LogP contribution in [0.1, 0.15) is 49.1 Å². The Morgan fingerprint density at radius 2 is 2.00 bits per heavy atom. The van der Waals surface area contributed by atoms with Crippen molar-refractivity contribution in [1.82, 2.24) is 0 Å². The first-order valence-electron chi connectivity index (χ1n) is 6.83. The maximum absolute atomic E-state index is 14.2. The highest BCUT2D eigenvalue weighted by Crippen LogP contribution is 2.39. The zero-order valence-electron chi connectivity index (χ0n) is 11.3. The molecule has 4 heteroatoms. The molecule has 0 radical (unpaired) electrons. The van der Waals surface area contributed by atoms with Gasteiger partial charge in [-0.1, -0.05) is 42.6 Å². The molecule has 2 rings (SSSR count). The Bertz CT molecular complexity index is 485. The fraction of sp³-hybridized carbons (Fsp3) is 0.533. The number of anilines is 1. The van der Waals surface area contributed by atoms with Crippen LogP contribution in [0.25, 0.3) is 0 Å². The number of alkyl halides is 1. The van der Waals surface area contributed by atoms with Crippen molar-refractivity contribution in [2.75, 3.05) is 5.32 Å². The first-order valence-corrected chi connectivity index (χ1v) is 7.74. The summed E-state index contributed by atoms with van der Waals surface area (Å²) in [6, 6.07) is 3.36. The van der Waals surface area contributed by atoms with Gasteiger partial charge in [0.2, 0.25) is 5.91 Å². The van der Waals surface area contributed by atoms with Gasteiger partial charge in [-0.05, 0) is 30.0 Å². The SMILES string of the molecule is CCC(CC)C(Br)c1cc2c(cc1F)NC(=O)CC2. The molecule has 0 aliphatic carbocycles. The minimum Gasteiger partial charge on any atom is -0.326 e. The van der Waals surface area contributed by atoms with Gasteiger partial charge in [-0.15, -0.1) is 0 Å². The molecule has 0 bridgehead atoms. The molecule has 2 nitrogen and oxygen atoms in total. The van der Waals surface area contributed by atoms with Gasteiger partial charge < -0.3 is 5.32 Å². The summed E-state index contributed by atoms with van der Waals surface area (Å²) >= 11 is 3.64. The molecule has 0 spiro atoms. The van der Waals surface area contributed by atoms with Crippen LogP contribution in [0.5, 0.6) is 0 Å². The molecule has 1 aliphatic rings. The lowest BCUT2D eigenvalue weighted by Crippen LogP contribution is -2.20. The minimum atomic E-state index is -0.241. The number of hydrogen-bond donors (Lipinski definition) is 1. The molecule has 0 fully saturated rings. The van der Waals surface area contributed by atoms with Crippen LogP contribution >= 0.6 is 15.9 Å². The molecule has 104 valence electrons. The minimum absolute atomic E-state index is 0.0324. The van der Waals surface area contributed by atoms with E-state index in [-0.39, 0.29) is 16.6 Å². The third-order valence-corrected chi connectivity index (χ3v) is 5.12. The largest absolute Gasteiger partial charge is 0.326 e. The second-order valence-corrected chi connectivity index (χ2v) is 6.04. The summed E-state index contributed by atoms with van der Waals surface area (Å²) in [4.78, 5) is 11.3. The van der Waals surface area contributed by atoms with Gasteiger partial charge in [0.1, 0.15) is 5.82 Å². The molecule has 1 heterocycles. The van der Waals surface area contributed by atoms with Crippen LogP contribution < -0.4 is 5.32 Å². The van der Waals surface area contributed by atoms with Crippen LogP contribution in [-0.2, 0) is 11.2 Å². The fourth-order valence-electron chi connectivity index (χ4n) is 2.59. The molecule has 1 unspecified atom stereocenters. The molecular formula is C15H19BrFNO. The fourth-order valence-corrected chi connectivity index (χ4v) is 3.69. The average molecular weight is 328 g/mol. The number of nitrogens with one attached hydrogen (secondary N) is 1. The maximum atomic E-state index is 14.2. The highest BCUT2D eigenvalue weighted by Gasteiger charge is 2.24. The molecule has 0 saturated carbocycles. The van der Waals surface area contributed by atoms with Crippen molar-refractivity contribution >= 4 is 27.5 Å². The van der Waals surface area contributed by atoms with E-state index < -0.39 is 0 Å². The third kappa shape index (κ3) is 2.99. The van der Waals surface area contributed by atoms with Gasteiger partial charge in [-0.3, -0.25) is 4.79 Å². The number of amides is 1. The van der Waals surface area contributed by atoms with Gasteiger partial charge in [0.15, 0.2) is 0 Å². The van der Waals surface area contributed by atoms with E-state index >= 15 is 0 Å². The molecule has 1 N–H and O–H groups in total. The second-order valence-electron chi connectivity index (χ2n) is 5.06. The number of fused-ring (bicyclic) bond motifs is 1. The molecular weight excluding hydrogens is 309 g/mol. The van der Waals surface area contributed by atoms with E-state index in [9.17, 15) is 9.18 Å². The molecule has 1 aromatic rings. The van der Waals surface area contributed by atoms with E-state index in [0.717, 1.165) is 18.4 Å². The summed E-state index contributed by atoms with van der Waals surface area (Å²) in [6.45, 7) is 4.25. The molecule has 1 aliphatic heterocycles. The highest BCUT2D eigenvalue weighted by molar-refractivity contribution is 9.09. The Morgan fingerprint density at radius 1 is 1.32 bits per heavy atom. The van der Waals surface area contributed by atoms with Crippen molar-refractivity contribution in [3.8, 4) is 0 Å². The number of carbonyl (C=O) groups excluding carboxylic acids is 1. The molecule has 0 aromatic heterocycles. The number of halogens is 2. The van der Waals surface area contributed by atoms with Gasteiger partial charge in [-0.25, -0.2) is 4.39 Å². The van der Waals surface area contributed by atoms with E-state index in [0.29, 0.717) is 30.0 Å². The Morgan fingerprint density at radius 3 is 2.63 bits per heavy atom. The quantitative estimate of drug-likeness (QED) is 0.805. The Hall–Kier alpha value is -0.900. The summed E-state index contributed by atoms with van der Waals surface area (Å²) < 4.78 is 14.2. The summed E-state index contributed by atoms with van der Waals surface area (Å²) in [7, 11) is 0. The average Bonchev–Trinajstić information content (AvgIpc) is 2.39. The van der Waals surface area contributed by atoms with Crippen LogP contribution in [0, 0.1) is 11.7 Å². The van der Waals surface area contributed by atoms with Crippen LogP contribution in [0.4, 0.5) is 10.1 Å². The van der Waals surface area contributed by atoms with Crippen LogP contribution in [0.15, 0.2) is 12.1 Å². The number of carbonyl (C=O) groups is 1. The van der Waals surface area contributed by atoms with Crippen molar-refractivity contribution in [2.45, 2.75) is 44.4 Å². The highest BCUT2D eigenvalue weighted by atomic mass is 79.9. The first-order chi connectivity index (χ1) is 9.06. The standard InChI is InChI=1S/C15H19BrFNO/c1-3-9(4-2)15(16)11-7-10-5-6-14(19)18-13(10)8-12(11)17/h7-9,15H,3-6H2,1-2H3,(H,18,19). The summed E-state index contributed by atoms with van der Waals surface area (Å²) in [5, 5.41) is 2.73. The molecule has 1 amide bonds. The van der Waals surface area contributed by atoms with E-state index in [1.54, 1.807) is 0 Å². The van der Waals surface area contributed by atoms with Gasteiger partial charge in [-0.2, -0.15) is 0 Å². The lowest BCUT2D eigenvalue weighted by atomic mass is 9.91. The maximum Gasteiger partial charge on any atom is 0.224 e. The van der Waals surface area contributed by atoms with Crippen molar-refractivity contribution in [1.29, 1.82) is 0 Å². The van der Waals surface area contributed by atoms with Crippen molar-refractivity contribution in [2.24, 2.45) is 5.92 Å². The van der Waals surface area contributed by atoms with Crippen LogP contribution in [0.2, 0.25) is 0 Å². The Kier molecular flexibility index (Phi) is 4.61. The van der Waals surface area contributed by atoms with Crippen molar-refractivity contribution in [3.05, 3.63) is 29.1 Å². The first kappa shape index (κ1) is 14.5. The zero-order chi connectivity index (χ0) is 14.0. The summed E-state index contributed by atoms with van der Waals surface area (Å²) in [6.07, 6.45) is 3.20. The summed E-state index contributed by atoms with van der Waals surface area (Å²) in [5.41, 5.74) is 2.37. The normalized spacial score (nSPS) is 16.2. The lowest BCUT2D eigenvalue weighted by Gasteiger charge is -2.24. The predicted octanol–water partition coefficient (Wildman–Crippen LogP) is 4.58. The van der Waals surface area contributed by atoms with E-state index in [1.807, 2.05) is 6.07 Å². The van der Waals surface area contributed by atoms with Gasteiger partial charge >= 0.3 is 0 Å². The molecule has 1 atom stereocenters. The third-order valence-electron chi connectivity index (χ3n) is 3.88. The van der Waals surface area contributed by atoms with E-state index in [4.69, 9.17) is 0 Å². The van der Waals surface area contributed by atoms with Crippen molar-refractivity contribution < 1.29 is 9.18 Å².